The Labute approximate surface area is 233 Å². The Morgan fingerprint density at radius 3 is 2.12 bits per heavy atom. The van der Waals surface area contributed by atoms with Gasteiger partial charge in [-0.15, -0.1) is 0 Å². The van der Waals surface area contributed by atoms with E-state index in [4.69, 9.17) is 16.3 Å². The van der Waals surface area contributed by atoms with Crippen molar-refractivity contribution in [2.75, 3.05) is 43.0 Å². The Balaban J connectivity index is 0.000000398. The van der Waals surface area contributed by atoms with Crippen LogP contribution < -0.4 is 14.6 Å². The standard InChI is InChI=1S/C19H25ClF2N8O2.C6H4F2/c1-19(21,22)16-25-18(32-27-16)29-7-4-14(5-8-29)28(2)15(31)12-9-23-17(24-10-12)30-6-3-13(11-30)26-20;7-5-1-2-6(8)4-3-5/h9-10,13-14,26H,3-8,11H2,1-2H3;1-4H. The summed E-state index contributed by atoms with van der Waals surface area (Å²) >= 11 is 5.69. The van der Waals surface area contributed by atoms with Crippen LogP contribution in [0.4, 0.5) is 29.5 Å². The Hall–Kier alpha value is -3.52. The number of benzene rings is 1. The van der Waals surface area contributed by atoms with E-state index in [1.165, 1.54) is 0 Å². The third-order valence-electron chi connectivity index (χ3n) is 6.73. The molecule has 4 heterocycles. The van der Waals surface area contributed by atoms with E-state index in [-0.39, 0.29) is 24.0 Å². The summed E-state index contributed by atoms with van der Waals surface area (Å²) in [7, 11) is 1.75. The highest BCUT2D eigenvalue weighted by Gasteiger charge is 2.34. The van der Waals surface area contributed by atoms with E-state index < -0.39 is 23.4 Å². The molecule has 5 rings (SSSR count). The molecule has 1 aromatic carbocycles. The van der Waals surface area contributed by atoms with Crippen LogP contribution in [0.15, 0.2) is 41.2 Å². The predicted molar refractivity (Wildman–Crippen MR) is 139 cm³/mol. The maximum Gasteiger partial charge on any atom is 0.324 e. The van der Waals surface area contributed by atoms with E-state index in [0.717, 1.165) is 44.2 Å². The molecule has 2 aliphatic heterocycles. The number of nitrogens with zero attached hydrogens (tertiary/aromatic N) is 7. The van der Waals surface area contributed by atoms with Gasteiger partial charge in [0.05, 0.1) is 5.56 Å². The molecule has 2 fully saturated rings. The number of aromatic nitrogens is 4. The van der Waals surface area contributed by atoms with Crippen molar-refractivity contribution in [2.45, 2.75) is 44.2 Å². The molecular weight excluding hydrogens is 556 g/mol. The van der Waals surface area contributed by atoms with Crippen LogP contribution in [0.1, 0.15) is 42.4 Å². The van der Waals surface area contributed by atoms with Gasteiger partial charge in [0.25, 0.3) is 5.91 Å². The first kappa shape index (κ1) is 29.5. The molecular formula is C25H29ClF4N8O2. The quantitative estimate of drug-likeness (QED) is 0.340. The molecule has 0 aliphatic carbocycles. The van der Waals surface area contributed by atoms with Gasteiger partial charge in [0.15, 0.2) is 0 Å². The molecule has 2 saturated heterocycles. The van der Waals surface area contributed by atoms with Crippen LogP contribution in [-0.4, -0.2) is 76.2 Å². The summed E-state index contributed by atoms with van der Waals surface area (Å²) in [4.78, 5) is 33.6. The number of amides is 1. The monoisotopic (exact) mass is 584 g/mol. The molecule has 1 atom stereocenters. The fourth-order valence-electron chi connectivity index (χ4n) is 4.39. The van der Waals surface area contributed by atoms with E-state index in [9.17, 15) is 22.4 Å². The highest BCUT2D eigenvalue weighted by Crippen LogP contribution is 2.28. The van der Waals surface area contributed by atoms with Gasteiger partial charge < -0.3 is 19.2 Å². The average molecular weight is 585 g/mol. The molecule has 40 heavy (non-hydrogen) atoms. The molecule has 0 radical (unpaired) electrons. The lowest BCUT2D eigenvalue weighted by molar-refractivity contribution is 0.00558. The Morgan fingerprint density at radius 2 is 1.62 bits per heavy atom. The molecule has 10 nitrogen and oxygen atoms in total. The largest absolute Gasteiger partial charge is 0.339 e. The van der Waals surface area contributed by atoms with Crippen LogP contribution in [0.2, 0.25) is 0 Å². The van der Waals surface area contributed by atoms with Gasteiger partial charge in [-0.1, -0.05) is 5.16 Å². The van der Waals surface area contributed by atoms with Crippen LogP contribution in [0.5, 0.6) is 0 Å². The van der Waals surface area contributed by atoms with Gasteiger partial charge in [-0.05, 0) is 55.3 Å². The van der Waals surface area contributed by atoms with Gasteiger partial charge in [-0.25, -0.2) is 23.6 Å². The molecule has 2 aromatic heterocycles. The highest BCUT2D eigenvalue weighted by atomic mass is 35.5. The van der Waals surface area contributed by atoms with E-state index in [1.54, 1.807) is 29.2 Å². The lowest BCUT2D eigenvalue weighted by Crippen LogP contribution is -2.45. The number of hydrogen-bond acceptors (Lipinski definition) is 9. The van der Waals surface area contributed by atoms with Gasteiger partial charge in [0.2, 0.25) is 11.8 Å². The van der Waals surface area contributed by atoms with Crippen molar-refractivity contribution >= 4 is 29.6 Å². The minimum atomic E-state index is -3.15. The number of hydrogen-bond donors (Lipinski definition) is 1. The first-order chi connectivity index (χ1) is 19.0. The third-order valence-corrected chi connectivity index (χ3v) is 7.03. The van der Waals surface area contributed by atoms with Gasteiger partial charge in [-0.2, -0.15) is 13.8 Å². The van der Waals surface area contributed by atoms with E-state index in [0.29, 0.717) is 44.0 Å². The van der Waals surface area contributed by atoms with Gasteiger partial charge in [0, 0.05) is 64.6 Å². The van der Waals surface area contributed by atoms with Crippen LogP contribution in [0, 0.1) is 11.6 Å². The van der Waals surface area contributed by atoms with Crippen LogP contribution in [-0.2, 0) is 5.92 Å². The summed E-state index contributed by atoms with van der Waals surface area (Å²) < 4.78 is 55.5. The molecule has 3 aromatic rings. The molecule has 1 amide bonds. The van der Waals surface area contributed by atoms with E-state index >= 15 is 0 Å². The zero-order valence-corrected chi connectivity index (χ0v) is 22.7. The van der Waals surface area contributed by atoms with Crippen molar-refractivity contribution < 1.29 is 26.9 Å². The molecule has 216 valence electrons. The molecule has 0 saturated carbocycles. The van der Waals surface area contributed by atoms with Crippen LogP contribution >= 0.6 is 11.8 Å². The normalized spacial score (nSPS) is 17.9. The second-order valence-corrected chi connectivity index (χ2v) is 9.89. The van der Waals surface area contributed by atoms with Crippen LogP contribution in [0.25, 0.3) is 0 Å². The molecule has 0 bridgehead atoms. The molecule has 1 N–H and O–H groups in total. The molecule has 2 aliphatic rings. The zero-order valence-electron chi connectivity index (χ0n) is 21.9. The number of anilines is 2. The summed E-state index contributed by atoms with van der Waals surface area (Å²) in [5, 5.41) is 3.36. The number of alkyl halides is 2. The Bertz CT molecular complexity index is 1230. The fourth-order valence-corrected chi connectivity index (χ4v) is 4.57. The predicted octanol–water partition coefficient (Wildman–Crippen LogP) is 4.00. The van der Waals surface area contributed by atoms with Crippen molar-refractivity contribution in [1.82, 2.24) is 29.8 Å². The van der Waals surface area contributed by atoms with E-state index in [2.05, 4.69) is 24.9 Å². The summed E-state index contributed by atoms with van der Waals surface area (Å²) in [5.74, 6) is -4.19. The summed E-state index contributed by atoms with van der Waals surface area (Å²) in [6, 6.07) is 4.57. The maximum atomic E-state index is 13.3. The Kier molecular flexibility index (Phi) is 9.40. The van der Waals surface area contributed by atoms with E-state index in [1.807, 2.05) is 4.90 Å². The first-order valence-corrected chi connectivity index (χ1v) is 13.0. The number of piperidine rings is 1. The summed E-state index contributed by atoms with van der Waals surface area (Å²) in [5.41, 5.74) is 0.414. The lowest BCUT2D eigenvalue weighted by Gasteiger charge is -2.35. The number of nitrogens with one attached hydrogen (secondary N) is 1. The minimum absolute atomic E-state index is 0.0115. The van der Waals surface area contributed by atoms with Crippen molar-refractivity contribution in [3.63, 3.8) is 0 Å². The Morgan fingerprint density at radius 1 is 1.05 bits per heavy atom. The number of carbonyl (C=O) groups excluding carboxylic acids is 1. The smallest absolute Gasteiger partial charge is 0.324 e. The lowest BCUT2D eigenvalue weighted by atomic mass is 10.0. The average Bonchev–Trinajstić information content (AvgIpc) is 3.65. The van der Waals surface area contributed by atoms with Crippen LogP contribution in [0.3, 0.4) is 0 Å². The molecule has 0 spiro atoms. The number of rotatable bonds is 6. The van der Waals surface area contributed by atoms with Gasteiger partial charge in [0.1, 0.15) is 11.6 Å². The zero-order chi connectivity index (χ0) is 28.9. The second-order valence-electron chi connectivity index (χ2n) is 9.67. The first-order valence-electron chi connectivity index (χ1n) is 12.6. The van der Waals surface area contributed by atoms with Gasteiger partial charge in [-0.3, -0.25) is 4.79 Å². The summed E-state index contributed by atoms with van der Waals surface area (Å²) in [6.45, 7) is 3.27. The molecule has 1 unspecified atom stereocenters. The van der Waals surface area contributed by atoms with Crippen molar-refractivity contribution in [1.29, 1.82) is 0 Å². The van der Waals surface area contributed by atoms with Gasteiger partial charge >= 0.3 is 11.9 Å². The summed E-state index contributed by atoms with van der Waals surface area (Å²) in [6.07, 6.45) is 5.27. The number of halogens is 5. The third kappa shape index (κ3) is 7.36. The SMILES string of the molecule is CN(C(=O)c1cnc(N2CCC(NCl)C2)nc1)C1CCN(c2nc(C(C)(F)F)no2)CC1.Fc1ccc(F)cc1. The second kappa shape index (κ2) is 12.8. The minimum Gasteiger partial charge on any atom is -0.339 e. The van der Waals surface area contributed by atoms with Crippen molar-refractivity contribution in [3.05, 3.63) is 59.7 Å². The number of carbonyl (C=O) groups is 1. The van der Waals surface area contributed by atoms with Crippen molar-refractivity contribution in [2.24, 2.45) is 0 Å². The highest BCUT2D eigenvalue weighted by molar-refractivity contribution is 6.13. The topological polar surface area (TPSA) is 104 Å². The maximum absolute atomic E-state index is 13.3. The molecule has 15 heteroatoms. The van der Waals surface area contributed by atoms with Crippen molar-refractivity contribution in [3.8, 4) is 0 Å². The fraction of sp³-hybridized carbons (Fsp3) is 0.480.